The lowest BCUT2D eigenvalue weighted by Gasteiger charge is -2.09. The van der Waals surface area contributed by atoms with Crippen LogP contribution in [0, 0.1) is 0 Å². The third kappa shape index (κ3) is 6.73. The third-order valence-corrected chi connectivity index (χ3v) is 2.34. The van der Waals surface area contributed by atoms with Gasteiger partial charge < -0.3 is 16.0 Å². The second kappa shape index (κ2) is 7.43. The van der Waals surface area contributed by atoms with E-state index in [4.69, 9.17) is 0 Å². The van der Waals surface area contributed by atoms with Crippen molar-refractivity contribution in [3.63, 3.8) is 0 Å². The maximum atomic E-state index is 11.9. The first kappa shape index (κ1) is 17.5. The Morgan fingerprint density at radius 1 is 1.14 bits per heavy atom. The van der Waals surface area contributed by atoms with E-state index in [0.717, 1.165) is 0 Å². The zero-order valence-corrected chi connectivity index (χ0v) is 11.6. The van der Waals surface area contributed by atoms with Gasteiger partial charge in [0, 0.05) is 18.2 Å². The Morgan fingerprint density at radius 2 is 1.82 bits per heavy atom. The van der Waals surface area contributed by atoms with Gasteiger partial charge in [-0.1, -0.05) is 6.07 Å². The van der Waals surface area contributed by atoms with Crippen molar-refractivity contribution in [3.8, 4) is 0 Å². The number of anilines is 1. The molecule has 0 unspecified atom stereocenters. The van der Waals surface area contributed by atoms with Crippen molar-refractivity contribution < 1.29 is 27.6 Å². The predicted molar refractivity (Wildman–Crippen MR) is 72.1 cm³/mol. The summed E-state index contributed by atoms with van der Waals surface area (Å²) in [5, 5.41) is 6.29. The van der Waals surface area contributed by atoms with E-state index >= 15 is 0 Å². The Kier molecular flexibility index (Phi) is 5.90. The molecular weight excluding hydrogens is 303 g/mol. The zero-order valence-electron chi connectivity index (χ0n) is 11.6. The predicted octanol–water partition coefficient (Wildman–Crippen LogP) is 1.05. The number of halogens is 3. The highest BCUT2D eigenvalue weighted by Crippen LogP contribution is 2.12. The van der Waals surface area contributed by atoms with Crippen molar-refractivity contribution in [1.82, 2.24) is 10.6 Å². The fourth-order valence-corrected chi connectivity index (χ4v) is 1.47. The quantitative estimate of drug-likeness (QED) is 0.759. The van der Waals surface area contributed by atoms with E-state index in [-0.39, 0.29) is 11.5 Å². The highest BCUT2D eigenvalue weighted by molar-refractivity contribution is 5.98. The minimum atomic E-state index is -4.51. The summed E-state index contributed by atoms with van der Waals surface area (Å²) in [5.41, 5.74) is 0.552. The first-order chi connectivity index (χ1) is 10.2. The Bertz CT molecular complexity index is 573. The molecule has 0 bridgehead atoms. The second-order valence-corrected chi connectivity index (χ2v) is 4.34. The molecule has 0 saturated carbocycles. The zero-order chi connectivity index (χ0) is 16.8. The van der Waals surface area contributed by atoms with E-state index in [2.05, 4.69) is 10.6 Å². The van der Waals surface area contributed by atoms with Gasteiger partial charge in [-0.05, 0) is 18.2 Å². The number of rotatable bonds is 5. The van der Waals surface area contributed by atoms with Crippen LogP contribution in [0.25, 0.3) is 0 Å². The summed E-state index contributed by atoms with van der Waals surface area (Å²) < 4.78 is 35.7. The van der Waals surface area contributed by atoms with Crippen LogP contribution < -0.4 is 16.0 Å². The molecule has 0 atom stereocenters. The van der Waals surface area contributed by atoms with Crippen LogP contribution in [0.2, 0.25) is 0 Å². The maximum Gasteiger partial charge on any atom is 0.405 e. The van der Waals surface area contributed by atoms with Gasteiger partial charge in [0.2, 0.25) is 11.8 Å². The van der Waals surface area contributed by atoms with Crippen LogP contribution >= 0.6 is 0 Å². The number of hydrogen-bond donors (Lipinski definition) is 3. The third-order valence-electron chi connectivity index (χ3n) is 2.34. The Balaban J connectivity index is 2.52. The van der Waals surface area contributed by atoms with Crippen LogP contribution in [0.3, 0.4) is 0 Å². The molecule has 0 heterocycles. The summed E-state index contributed by atoms with van der Waals surface area (Å²) in [7, 11) is 0. The number of benzene rings is 1. The molecule has 6 nitrogen and oxygen atoms in total. The molecule has 22 heavy (non-hydrogen) atoms. The normalized spacial score (nSPS) is 10.7. The average Bonchev–Trinajstić information content (AvgIpc) is 2.41. The van der Waals surface area contributed by atoms with Crippen LogP contribution in [0.4, 0.5) is 18.9 Å². The summed E-state index contributed by atoms with van der Waals surface area (Å²) in [4.78, 5) is 33.8. The highest BCUT2D eigenvalue weighted by atomic mass is 19.4. The van der Waals surface area contributed by atoms with Crippen molar-refractivity contribution in [2.24, 2.45) is 0 Å². The van der Waals surface area contributed by atoms with Gasteiger partial charge in [0.05, 0.1) is 6.54 Å². The number of carbonyl (C=O) groups is 3. The van der Waals surface area contributed by atoms with Crippen LogP contribution in [-0.4, -0.2) is 37.0 Å². The van der Waals surface area contributed by atoms with Gasteiger partial charge in [-0.15, -0.1) is 0 Å². The Labute approximate surface area is 124 Å². The number of alkyl halides is 3. The molecule has 0 aliphatic heterocycles. The average molecular weight is 317 g/mol. The first-order valence-corrected chi connectivity index (χ1v) is 6.16. The molecule has 3 amide bonds. The minimum Gasteiger partial charge on any atom is -0.345 e. The largest absolute Gasteiger partial charge is 0.405 e. The first-order valence-electron chi connectivity index (χ1n) is 6.16. The molecule has 1 aromatic rings. The van der Waals surface area contributed by atoms with Crippen molar-refractivity contribution >= 4 is 23.4 Å². The van der Waals surface area contributed by atoms with E-state index in [0.29, 0.717) is 5.69 Å². The lowest BCUT2D eigenvalue weighted by atomic mass is 10.2. The fourth-order valence-electron chi connectivity index (χ4n) is 1.47. The van der Waals surface area contributed by atoms with Gasteiger partial charge in [0.15, 0.2) is 0 Å². The highest BCUT2D eigenvalue weighted by Gasteiger charge is 2.27. The minimum absolute atomic E-state index is 0.162. The van der Waals surface area contributed by atoms with E-state index in [1.54, 1.807) is 11.4 Å². The molecule has 0 aromatic heterocycles. The number of hydrogen-bond acceptors (Lipinski definition) is 3. The fraction of sp³-hybridized carbons (Fsp3) is 0.308. The van der Waals surface area contributed by atoms with Gasteiger partial charge >= 0.3 is 6.18 Å². The smallest absolute Gasteiger partial charge is 0.345 e. The molecule has 3 N–H and O–H groups in total. The van der Waals surface area contributed by atoms with Gasteiger partial charge in [-0.3, -0.25) is 14.4 Å². The van der Waals surface area contributed by atoms with Gasteiger partial charge in [-0.25, -0.2) is 0 Å². The van der Waals surface area contributed by atoms with E-state index in [1.807, 2.05) is 0 Å². The van der Waals surface area contributed by atoms with Gasteiger partial charge in [0.25, 0.3) is 5.91 Å². The monoisotopic (exact) mass is 317 g/mol. The topological polar surface area (TPSA) is 87.3 Å². The summed E-state index contributed by atoms with van der Waals surface area (Å²) in [6, 6.07) is 5.90. The van der Waals surface area contributed by atoms with Crippen LogP contribution in [0.5, 0.6) is 0 Å². The molecule has 1 aromatic carbocycles. The molecule has 0 radical (unpaired) electrons. The van der Waals surface area contributed by atoms with Crippen molar-refractivity contribution in [3.05, 3.63) is 29.8 Å². The Hall–Kier alpha value is -2.58. The van der Waals surface area contributed by atoms with Crippen molar-refractivity contribution in [1.29, 1.82) is 0 Å². The van der Waals surface area contributed by atoms with Crippen molar-refractivity contribution in [2.45, 2.75) is 13.1 Å². The molecule has 120 valence electrons. The molecule has 0 spiro atoms. The van der Waals surface area contributed by atoms with E-state index < -0.39 is 31.1 Å². The Morgan fingerprint density at radius 3 is 2.41 bits per heavy atom. The molecular formula is C13H14F3N3O3. The van der Waals surface area contributed by atoms with E-state index in [1.165, 1.54) is 25.1 Å². The molecule has 0 aliphatic carbocycles. The van der Waals surface area contributed by atoms with Crippen LogP contribution in [-0.2, 0) is 9.59 Å². The number of amides is 3. The molecule has 9 heteroatoms. The summed E-state index contributed by atoms with van der Waals surface area (Å²) in [6.45, 7) is -0.739. The second-order valence-electron chi connectivity index (χ2n) is 4.34. The standard InChI is InChI=1S/C13H14F3N3O3/c1-8(20)19-10-4-2-3-9(5-10)12(22)17-6-11(21)18-7-13(14,15)16/h2-5H,6-7H2,1H3,(H,17,22)(H,18,21)(H,19,20). The van der Waals surface area contributed by atoms with Crippen molar-refractivity contribution in [2.75, 3.05) is 18.4 Å². The number of carbonyl (C=O) groups excluding carboxylic acids is 3. The lowest BCUT2D eigenvalue weighted by molar-refractivity contribution is -0.137. The molecule has 1 rings (SSSR count). The maximum absolute atomic E-state index is 11.9. The summed E-state index contributed by atoms with van der Waals surface area (Å²) in [6.07, 6.45) is -4.51. The van der Waals surface area contributed by atoms with Gasteiger partial charge in [0.1, 0.15) is 6.54 Å². The van der Waals surface area contributed by atoms with E-state index in [9.17, 15) is 27.6 Å². The molecule has 0 aliphatic rings. The van der Waals surface area contributed by atoms with Crippen LogP contribution in [0.15, 0.2) is 24.3 Å². The molecule has 0 fully saturated rings. The summed E-state index contributed by atoms with van der Waals surface area (Å²) in [5.74, 6) is -1.91. The van der Waals surface area contributed by atoms with Gasteiger partial charge in [-0.2, -0.15) is 13.2 Å². The lowest BCUT2D eigenvalue weighted by Crippen LogP contribution is -2.40. The summed E-state index contributed by atoms with van der Waals surface area (Å²) >= 11 is 0. The molecule has 0 saturated heterocycles. The SMILES string of the molecule is CC(=O)Nc1cccc(C(=O)NCC(=O)NCC(F)(F)F)c1. The number of nitrogens with one attached hydrogen (secondary N) is 3. The van der Waals surface area contributed by atoms with Crippen LogP contribution in [0.1, 0.15) is 17.3 Å².